The van der Waals surface area contributed by atoms with Gasteiger partial charge in [0.05, 0.1) is 5.69 Å². The van der Waals surface area contributed by atoms with E-state index in [2.05, 4.69) is 27.2 Å². The number of phenolic OH excluding ortho intramolecular Hbond substituents is 1. The zero-order valence-corrected chi connectivity index (χ0v) is 18.0. The molecule has 0 unspecified atom stereocenters. The van der Waals surface area contributed by atoms with E-state index in [1.54, 1.807) is 18.4 Å². The molecular formula is C19H28IN5O2. The summed E-state index contributed by atoms with van der Waals surface area (Å²) in [6, 6.07) is 9.29. The van der Waals surface area contributed by atoms with Gasteiger partial charge in [0, 0.05) is 51.9 Å². The van der Waals surface area contributed by atoms with Crippen LogP contribution in [0.5, 0.6) is 5.75 Å². The highest BCUT2D eigenvalue weighted by atomic mass is 127. The van der Waals surface area contributed by atoms with E-state index in [1.165, 1.54) is 0 Å². The highest BCUT2D eigenvalue weighted by Gasteiger charge is 2.20. The Morgan fingerprint density at radius 1 is 1.26 bits per heavy atom. The third-order valence-corrected chi connectivity index (χ3v) is 4.46. The van der Waals surface area contributed by atoms with E-state index in [4.69, 9.17) is 9.52 Å². The van der Waals surface area contributed by atoms with E-state index in [1.807, 2.05) is 18.2 Å². The summed E-state index contributed by atoms with van der Waals surface area (Å²) in [6.07, 6.45) is 2.43. The first kappa shape index (κ1) is 21.5. The summed E-state index contributed by atoms with van der Waals surface area (Å²) in [6.45, 7) is 8.30. The molecule has 0 bridgehead atoms. The quantitative estimate of drug-likeness (QED) is 0.372. The normalized spacial score (nSPS) is 15.4. The number of aromatic hydroxyl groups is 1. The van der Waals surface area contributed by atoms with Crippen LogP contribution in [0.4, 0.5) is 0 Å². The first-order valence-electron chi connectivity index (χ1n) is 9.17. The van der Waals surface area contributed by atoms with Crippen molar-refractivity contribution in [3.63, 3.8) is 0 Å². The van der Waals surface area contributed by atoms with Crippen molar-refractivity contribution in [2.45, 2.75) is 19.9 Å². The van der Waals surface area contributed by atoms with Gasteiger partial charge in [-0.05, 0) is 31.0 Å². The van der Waals surface area contributed by atoms with Crippen LogP contribution in [-0.4, -0.2) is 65.3 Å². The van der Waals surface area contributed by atoms with Gasteiger partial charge in [-0.1, -0.05) is 17.3 Å². The first-order chi connectivity index (χ1) is 12.7. The molecule has 2 aromatic rings. The fourth-order valence-electron chi connectivity index (χ4n) is 3.09. The average Bonchev–Trinajstić information content (AvgIpc) is 3.15. The van der Waals surface area contributed by atoms with Gasteiger partial charge in [0.25, 0.3) is 0 Å². The molecule has 1 saturated heterocycles. The highest BCUT2D eigenvalue weighted by molar-refractivity contribution is 14.0. The maximum Gasteiger partial charge on any atom is 0.194 e. The number of aromatic nitrogens is 1. The van der Waals surface area contributed by atoms with Crippen molar-refractivity contribution in [2.24, 2.45) is 4.99 Å². The van der Waals surface area contributed by atoms with Gasteiger partial charge in [0.2, 0.25) is 0 Å². The lowest BCUT2D eigenvalue weighted by molar-refractivity contribution is 0.169. The minimum Gasteiger partial charge on any atom is -0.508 e. The molecule has 1 aromatic carbocycles. The van der Waals surface area contributed by atoms with Crippen molar-refractivity contribution in [2.75, 3.05) is 39.3 Å². The van der Waals surface area contributed by atoms with E-state index < -0.39 is 0 Å². The summed E-state index contributed by atoms with van der Waals surface area (Å²) in [5, 5.41) is 16.9. The number of hydrogen-bond acceptors (Lipinski definition) is 5. The van der Waals surface area contributed by atoms with Crippen LogP contribution in [0.2, 0.25) is 0 Å². The number of halogens is 1. The first-order valence-corrected chi connectivity index (χ1v) is 9.17. The number of nitrogens with zero attached hydrogens (tertiary/aromatic N) is 4. The van der Waals surface area contributed by atoms with Gasteiger partial charge in [0.15, 0.2) is 5.96 Å². The molecule has 1 fully saturated rings. The van der Waals surface area contributed by atoms with Gasteiger partial charge < -0.3 is 19.8 Å². The lowest BCUT2D eigenvalue weighted by Gasteiger charge is -2.36. The van der Waals surface area contributed by atoms with Gasteiger partial charge in [-0.3, -0.25) is 9.89 Å². The maximum atomic E-state index is 9.56. The SMILES string of the molecule is CCNC(=NCCc1cccc(O)c1)N1CCN(Cc2ccon2)CC1.I. The van der Waals surface area contributed by atoms with Crippen molar-refractivity contribution in [1.29, 1.82) is 0 Å². The predicted octanol–water partition coefficient (Wildman–Crippen LogP) is 2.32. The molecule has 27 heavy (non-hydrogen) atoms. The van der Waals surface area contributed by atoms with Gasteiger partial charge in [-0.2, -0.15) is 0 Å². The number of hydrogen-bond donors (Lipinski definition) is 2. The molecule has 0 aliphatic carbocycles. The number of rotatable bonds is 6. The van der Waals surface area contributed by atoms with Crippen LogP contribution in [-0.2, 0) is 13.0 Å². The summed E-state index contributed by atoms with van der Waals surface area (Å²) in [5.41, 5.74) is 2.08. The second kappa shape index (κ2) is 11.1. The van der Waals surface area contributed by atoms with Gasteiger partial charge in [-0.25, -0.2) is 0 Å². The number of phenols is 1. The minimum atomic E-state index is 0. The summed E-state index contributed by atoms with van der Waals surface area (Å²) in [7, 11) is 0. The zero-order chi connectivity index (χ0) is 18.2. The van der Waals surface area contributed by atoms with E-state index in [-0.39, 0.29) is 24.0 Å². The molecular weight excluding hydrogens is 457 g/mol. The van der Waals surface area contributed by atoms with Crippen LogP contribution >= 0.6 is 24.0 Å². The number of nitrogens with one attached hydrogen (secondary N) is 1. The van der Waals surface area contributed by atoms with Crippen LogP contribution < -0.4 is 5.32 Å². The fraction of sp³-hybridized carbons (Fsp3) is 0.474. The van der Waals surface area contributed by atoms with E-state index in [0.29, 0.717) is 12.3 Å². The molecule has 2 N–H and O–H groups in total. The van der Waals surface area contributed by atoms with E-state index >= 15 is 0 Å². The Labute approximate surface area is 177 Å². The third kappa shape index (κ3) is 6.69. The zero-order valence-electron chi connectivity index (χ0n) is 15.7. The monoisotopic (exact) mass is 485 g/mol. The molecule has 0 spiro atoms. The fourth-order valence-corrected chi connectivity index (χ4v) is 3.09. The Kier molecular flexibility index (Phi) is 8.86. The van der Waals surface area contributed by atoms with Crippen molar-refractivity contribution >= 4 is 29.9 Å². The lowest BCUT2D eigenvalue weighted by Crippen LogP contribution is -2.52. The Balaban J connectivity index is 0.00000261. The van der Waals surface area contributed by atoms with Crippen LogP contribution in [0.15, 0.2) is 46.1 Å². The second-order valence-corrected chi connectivity index (χ2v) is 6.41. The van der Waals surface area contributed by atoms with Crippen molar-refractivity contribution < 1.29 is 9.63 Å². The molecule has 1 aromatic heterocycles. The molecule has 7 nitrogen and oxygen atoms in total. The van der Waals surface area contributed by atoms with Gasteiger partial charge in [0.1, 0.15) is 12.0 Å². The number of piperazine rings is 1. The Morgan fingerprint density at radius 2 is 2.07 bits per heavy atom. The summed E-state index contributed by atoms with van der Waals surface area (Å²) in [4.78, 5) is 9.46. The van der Waals surface area contributed by atoms with Crippen LogP contribution in [0, 0.1) is 0 Å². The third-order valence-electron chi connectivity index (χ3n) is 4.46. The standard InChI is InChI=1S/C19H27N5O2.HI/c1-2-20-19(21-8-6-16-4-3-5-18(25)14-16)24-11-9-23(10-12-24)15-17-7-13-26-22-17;/h3-5,7,13-14,25H,2,6,8-12,15H2,1H3,(H,20,21);1H. The number of aliphatic imine (C=N–C) groups is 1. The van der Waals surface area contributed by atoms with Gasteiger partial charge >= 0.3 is 0 Å². The van der Waals surface area contributed by atoms with Gasteiger partial charge in [-0.15, -0.1) is 24.0 Å². The van der Waals surface area contributed by atoms with Crippen LogP contribution in [0.25, 0.3) is 0 Å². The highest BCUT2D eigenvalue weighted by Crippen LogP contribution is 2.12. The molecule has 1 aliphatic heterocycles. The summed E-state index contributed by atoms with van der Waals surface area (Å²) < 4.78 is 4.90. The largest absolute Gasteiger partial charge is 0.508 e. The van der Waals surface area contributed by atoms with Crippen molar-refractivity contribution in [3.05, 3.63) is 47.9 Å². The molecule has 1 aliphatic rings. The molecule has 0 radical (unpaired) electrons. The number of benzene rings is 1. The molecule has 8 heteroatoms. The maximum absolute atomic E-state index is 9.56. The molecule has 148 valence electrons. The minimum absolute atomic E-state index is 0. The Hall–Kier alpha value is -1.81. The number of guanidine groups is 1. The lowest BCUT2D eigenvalue weighted by atomic mass is 10.1. The smallest absolute Gasteiger partial charge is 0.194 e. The van der Waals surface area contributed by atoms with Crippen LogP contribution in [0.1, 0.15) is 18.2 Å². The molecule has 0 atom stereocenters. The molecule has 2 heterocycles. The summed E-state index contributed by atoms with van der Waals surface area (Å²) in [5.74, 6) is 1.27. The van der Waals surface area contributed by atoms with Crippen molar-refractivity contribution in [3.8, 4) is 5.75 Å². The predicted molar refractivity (Wildman–Crippen MR) is 117 cm³/mol. The second-order valence-electron chi connectivity index (χ2n) is 6.41. The van der Waals surface area contributed by atoms with E-state index in [9.17, 15) is 5.11 Å². The topological polar surface area (TPSA) is 77.1 Å². The average molecular weight is 485 g/mol. The summed E-state index contributed by atoms with van der Waals surface area (Å²) >= 11 is 0. The molecule has 3 rings (SSSR count). The van der Waals surface area contributed by atoms with Crippen LogP contribution in [0.3, 0.4) is 0 Å². The molecule has 0 amide bonds. The Bertz CT molecular complexity index is 700. The van der Waals surface area contributed by atoms with Crippen molar-refractivity contribution in [1.82, 2.24) is 20.3 Å². The van der Waals surface area contributed by atoms with E-state index in [0.717, 1.165) is 62.9 Å². The molecule has 0 saturated carbocycles. The Morgan fingerprint density at radius 3 is 2.74 bits per heavy atom.